The van der Waals surface area contributed by atoms with Crippen molar-refractivity contribution >= 4 is 12.0 Å². The maximum atomic E-state index is 12.6. The standard InChI is InChI=1S/C18H18F3N3O5/c1-11(12-5-7-13(8-6-12)18(19,20)21)29-17(27)23-10-9-22-16(26)14-3-2-4-15(25)24(14)28/h2-8,11,28H,9-10H2,1H3,(H,22,26)(H,23,27)/t11-/m0/s1. The molecule has 0 aliphatic carbocycles. The van der Waals surface area contributed by atoms with E-state index in [1.807, 2.05) is 0 Å². The largest absolute Gasteiger partial charge is 0.442 e. The Morgan fingerprint density at radius 1 is 1.10 bits per heavy atom. The van der Waals surface area contributed by atoms with Crippen LogP contribution in [0.25, 0.3) is 0 Å². The van der Waals surface area contributed by atoms with Crippen molar-refractivity contribution in [3.8, 4) is 0 Å². The molecule has 1 atom stereocenters. The second kappa shape index (κ2) is 9.13. The summed E-state index contributed by atoms with van der Waals surface area (Å²) in [5.74, 6) is -0.724. The van der Waals surface area contributed by atoms with Gasteiger partial charge in [-0.15, -0.1) is 4.73 Å². The number of carbonyl (C=O) groups excluding carboxylic acids is 2. The number of hydrogen-bond acceptors (Lipinski definition) is 5. The number of pyridine rings is 1. The summed E-state index contributed by atoms with van der Waals surface area (Å²) in [6.07, 6.45) is -6.07. The van der Waals surface area contributed by atoms with Crippen LogP contribution < -0.4 is 16.2 Å². The predicted molar refractivity (Wildman–Crippen MR) is 94.6 cm³/mol. The van der Waals surface area contributed by atoms with Crippen molar-refractivity contribution in [3.63, 3.8) is 0 Å². The fourth-order valence-corrected chi connectivity index (χ4v) is 2.30. The fourth-order valence-electron chi connectivity index (χ4n) is 2.30. The highest BCUT2D eigenvalue weighted by Gasteiger charge is 2.30. The average Bonchev–Trinajstić information content (AvgIpc) is 2.66. The first-order valence-electron chi connectivity index (χ1n) is 8.40. The van der Waals surface area contributed by atoms with E-state index >= 15 is 0 Å². The molecule has 1 aromatic heterocycles. The van der Waals surface area contributed by atoms with E-state index < -0.39 is 35.4 Å². The van der Waals surface area contributed by atoms with Crippen molar-refractivity contribution < 1.29 is 32.7 Å². The average molecular weight is 413 g/mol. The SMILES string of the molecule is C[C@H](OC(=O)NCCNC(=O)c1cccc(=O)n1O)c1ccc(C(F)(F)F)cc1. The number of hydrogen-bond donors (Lipinski definition) is 3. The van der Waals surface area contributed by atoms with Gasteiger partial charge in [0.2, 0.25) is 0 Å². The van der Waals surface area contributed by atoms with Crippen molar-refractivity contribution in [1.82, 2.24) is 15.4 Å². The van der Waals surface area contributed by atoms with Gasteiger partial charge < -0.3 is 20.6 Å². The van der Waals surface area contributed by atoms with Gasteiger partial charge in [-0.1, -0.05) is 18.2 Å². The Bertz CT molecular complexity index is 926. The maximum Gasteiger partial charge on any atom is 0.416 e. The third kappa shape index (κ3) is 5.99. The summed E-state index contributed by atoms with van der Waals surface area (Å²) >= 11 is 0. The van der Waals surface area contributed by atoms with Gasteiger partial charge in [0.05, 0.1) is 5.56 Å². The van der Waals surface area contributed by atoms with Crippen LogP contribution in [0.1, 0.15) is 34.6 Å². The summed E-state index contributed by atoms with van der Waals surface area (Å²) in [6, 6.07) is 7.85. The van der Waals surface area contributed by atoms with Crippen LogP contribution in [0.2, 0.25) is 0 Å². The number of alkyl carbamates (subject to hydrolysis) is 1. The van der Waals surface area contributed by atoms with Crippen molar-refractivity contribution in [2.75, 3.05) is 13.1 Å². The highest BCUT2D eigenvalue weighted by Crippen LogP contribution is 2.30. The van der Waals surface area contributed by atoms with Crippen LogP contribution in [0.5, 0.6) is 0 Å². The van der Waals surface area contributed by atoms with Crippen LogP contribution >= 0.6 is 0 Å². The van der Waals surface area contributed by atoms with Crippen molar-refractivity contribution in [2.45, 2.75) is 19.2 Å². The number of ether oxygens (including phenoxy) is 1. The van der Waals surface area contributed by atoms with Gasteiger partial charge in [-0.25, -0.2) is 4.79 Å². The van der Waals surface area contributed by atoms with E-state index in [-0.39, 0.29) is 23.5 Å². The lowest BCUT2D eigenvalue weighted by molar-refractivity contribution is -0.137. The van der Waals surface area contributed by atoms with E-state index in [9.17, 15) is 32.8 Å². The summed E-state index contributed by atoms with van der Waals surface area (Å²) in [5, 5.41) is 14.2. The van der Waals surface area contributed by atoms with Crippen molar-refractivity contribution in [3.05, 3.63) is 69.6 Å². The van der Waals surface area contributed by atoms with Gasteiger partial charge in [0.25, 0.3) is 11.5 Å². The van der Waals surface area contributed by atoms with Gasteiger partial charge >= 0.3 is 12.3 Å². The predicted octanol–water partition coefficient (Wildman–Crippen LogP) is 2.32. The Kier molecular flexibility index (Phi) is 6.86. The second-order valence-electron chi connectivity index (χ2n) is 5.91. The number of halogens is 3. The Hall–Kier alpha value is -3.50. The van der Waals surface area contributed by atoms with Crippen LogP contribution in [0.15, 0.2) is 47.3 Å². The minimum Gasteiger partial charge on any atom is -0.442 e. The van der Waals surface area contributed by atoms with Crippen LogP contribution in [-0.2, 0) is 10.9 Å². The smallest absolute Gasteiger partial charge is 0.416 e. The van der Waals surface area contributed by atoms with Crippen LogP contribution in [0, 0.1) is 0 Å². The van der Waals surface area contributed by atoms with Crippen molar-refractivity contribution in [1.29, 1.82) is 0 Å². The molecule has 8 nitrogen and oxygen atoms in total. The third-order valence-corrected chi connectivity index (χ3v) is 3.83. The monoisotopic (exact) mass is 413 g/mol. The molecular weight excluding hydrogens is 395 g/mol. The molecule has 1 aromatic carbocycles. The molecule has 0 aliphatic rings. The molecule has 2 amide bonds. The molecule has 0 unspecified atom stereocenters. The van der Waals surface area contributed by atoms with Crippen LogP contribution in [0.4, 0.5) is 18.0 Å². The third-order valence-electron chi connectivity index (χ3n) is 3.83. The maximum absolute atomic E-state index is 12.6. The zero-order valence-electron chi connectivity index (χ0n) is 15.2. The Morgan fingerprint density at radius 3 is 2.34 bits per heavy atom. The number of aromatic nitrogens is 1. The minimum atomic E-state index is -4.45. The minimum absolute atomic E-state index is 0.0210. The second-order valence-corrected chi connectivity index (χ2v) is 5.91. The molecule has 0 aliphatic heterocycles. The number of rotatable bonds is 6. The van der Waals surface area contributed by atoms with E-state index in [2.05, 4.69) is 10.6 Å². The van der Waals surface area contributed by atoms with E-state index in [4.69, 9.17) is 4.74 Å². The quantitative estimate of drug-likeness (QED) is 0.497. The molecule has 0 saturated heterocycles. The topological polar surface area (TPSA) is 110 Å². The van der Waals surface area contributed by atoms with Crippen molar-refractivity contribution in [2.24, 2.45) is 0 Å². The fraction of sp³-hybridized carbons (Fsp3) is 0.278. The van der Waals surface area contributed by atoms with Gasteiger partial charge in [0.15, 0.2) is 0 Å². The van der Waals surface area contributed by atoms with Crippen LogP contribution in [-0.4, -0.2) is 35.0 Å². The Morgan fingerprint density at radius 2 is 1.72 bits per heavy atom. The lowest BCUT2D eigenvalue weighted by Crippen LogP contribution is -2.37. The van der Waals surface area contributed by atoms with Gasteiger partial charge in [-0.2, -0.15) is 13.2 Å². The number of nitrogens with zero attached hydrogens (tertiary/aromatic N) is 1. The first-order chi connectivity index (χ1) is 13.6. The zero-order chi connectivity index (χ0) is 21.6. The number of alkyl halides is 3. The van der Waals surface area contributed by atoms with Gasteiger partial charge in [-0.3, -0.25) is 9.59 Å². The Labute approximate surface area is 162 Å². The first kappa shape index (κ1) is 21.8. The lowest BCUT2D eigenvalue weighted by Gasteiger charge is -2.15. The molecule has 0 saturated carbocycles. The molecule has 3 N–H and O–H groups in total. The molecule has 156 valence electrons. The molecule has 0 bridgehead atoms. The molecule has 0 spiro atoms. The van der Waals surface area contributed by atoms with Gasteiger partial charge in [-0.05, 0) is 30.7 Å². The number of nitrogens with one attached hydrogen (secondary N) is 2. The van der Waals surface area contributed by atoms with E-state index in [1.165, 1.54) is 31.2 Å². The van der Waals surface area contributed by atoms with Gasteiger partial charge in [0.1, 0.15) is 11.8 Å². The summed E-state index contributed by atoms with van der Waals surface area (Å²) in [6.45, 7) is 1.46. The summed E-state index contributed by atoms with van der Waals surface area (Å²) in [4.78, 5) is 34.9. The normalized spacial score (nSPS) is 12.1. The highest BCUT2D eigenvalue weighted by atomic mass is 19.4. The molecule has 0 fully saturated rings. The summed E-state index contributed by atoms with van der Waals surface area (Å²) in [7, 11) is 0. The number of benzene rings is 1. The Balaban J connectivity index is 1.77. The summed E-state index contributed by atoms with van der Waals surface area (Å²) in [5.41, 5.74) is -1.46. The van der Waals surface area contributed by atoms with E-state index in [0.29, 0.717) is 5.56 Å². The molecule has 1 heterocycles. The zero-order valence-corrected chi connectivity index (χ0v) is 15.2. The summed E-state index contributed by atoms with van der Waals surface area (Å²) < 4.78 is 42.9. The molecule has 2 rings (SSSR count). The van der Waals surface area contributed by atoms with E-state index in [0.717, 1.165) is 18.2 Å². The molecular formula is C18H18F3N3O5. The van der Waals surface area contributed by atoms with Gasteiger partial charge in [0, 0.05) is 19.2 Å². The lowest BCUT2D eigenvalue weighted by atomic mass is 10.1. The first-order valence-corrected chi connectivity index (χ1v) is 8.40. The molecule has 29 heavy (non-hydrogen) atoms. The number of carbonyl (C=O) groups is 2. The number of amides is 2. The molecule has 2 aromatic rings. The highest BCUT2D eigenvalue weighted by molar-refractivity contribution is 5.92. The molecule has 0 radical (unpaired) electrons. The molecule has 11 heteroatoms. The van der Waals surface area contributed by atoms with Crippen LogP contribution in [0.3, 0.4) is 0 Å². The van der Waals surface area contributed by atoms with E-state index in [1.54, 1.807) is 0 Å².